The summed E-state index contributed by atoms with van der Waals surface area (Å²) in [6.45, 7) is 0.245. The first kappa shape index (κ1) is 11.4. The molecular formula is C10H7BrN4O2S. The number of aromatic amines is 1. The Bertz CT molecular complexity index is 679. The van der Waals surface area contributed by atoms with E-state index in [4.69, 9.17) is 21.7 Å². The van der Waals surface area contributed by atoms with E-state index in [1.807, 2.05) is 12.1 Å². The van der Waals surface area contributed by atoms with Crippen molar-refractivity contribution in [2.45, 2.75) is 0 Å². The molecule has 0 atom stereocenters. The second kappa shape index (κ2) is 4.54. The van der Waals surface area contributed by atoms with E-state index in [0.717, 1.165) is 15.8 Å². The zero-order valence-electron chi connectivity index (χ0n) is 8.96. The first-order chi connectivity index (χ1) is 8.74. The molecule has 1 aliphatic rings. The standard InChI is InChI=1S/C10H7BrN4O2S/c11-7-2-9-8(16-5-17-9)1-6(7)3-13-15-4-12-14-10(15)18/h1-4H,5H2,(H,14,18)/b13-3-. The Morgan fingerprint density at radius 2 is 2.22 bits per heavy atom. The normalized spacial score (nSPS) is 13.4. The summed E-state index contributed by atoms with van der Waals surface area (Å²) in [7, 11) is 0. The van der Waals surface area contributed by atoms with Crippen LogP contribution in [0.25, 0.3) is 0 Å². The summed E-state index contributed by atoms with van der Waals surface area (Å²) in [6.07, 6.45) is 3.16. The summed E-state index contributed by atoms with van der Waals surface area (Å²) in [5.41, 5.74) is 0.863. The molecule has 0 saturated carbocycles. The van der Waals surface area contributed by atoms with Crippen molar-refractivity contribution in [1.29, 1.82) is 0 Å². The maximum Gasteiger partial charge on any atom is 0.231 e. The summed E-state index contributed by atoms with van der Waals surface area (Å²) in [5, 5.41) is 10.6. The van der Waals surface area contributed by atoms with Crippen LogP contribution in [0.1, 0.15) is 5.56 Å². The number of fused-ring (bicyclic) bond motifs is 1. The lowest BCUT2D eigenvalue weighted by molar-refractivity contribution is 0.174. The molecule has 1 N–H and O–H groups in total. The lowest BCUT2D eigenvalue weighted by Crippen LogP contribution is -1.93. The van der Waals surface area contributed by atoms with Crippen LogP contribution in [0.2, 0.25) is 0 Å². The zero-order chi connectivity index (χ0) is 12.5. The number of aromatic nitrogens is 3. The Labute approximate surface area is 115 Å². The first-order valence-corrected chi connectivity index (χ1v) is 6.20. The summed E-state index contributed by atoms with van der Waals surface area (Å²) in [5.74, 6) is 1.43. The minimum absolute atomic E-state index is 0.245. The van der Waals surface area contributed by atoms with E-state index in [0.29, 0.717) is 10.5 Å². The summed E-state index contributed by atoms with van der Waals surface area (Å²) in [4.78, 5) is 0. The highest BCUT2D eigenvalue weighted by atomic mass is 79.9. The van der Waals surface area contributed by atoms with Gasteiger partial charge in [0, 0.05) is 10.0 Å². The van der Waals surface area contributed by atoms with Crippen molar-refractivity contribution >= 4 is 34.4 Å². The van der Waals surface area contributed by atoms with Crippen LogP contribution in [0, 0.1) is 4.77 Å². The minimum Gasteiger partial charge on any atom is -0.454 e. The predicted octanol–water partition coefficient (Wildman–Crippen LogP) is 2.31. The van der Waals surface area contributed by atoms with Gasteiger partial charge in [-0.2, -0.15) is 14.9 Å². The van der Waals surface area contributed by atoms with Crippen LogP contribution < -0.4 is 9.47 Å². The Morgan fingerprint density at radius 3 is 2.94 bits per heavy atom. The second-order valence-corrected chi connectivity index (χ2v) is 4.72. The Morgan fingerprint density at radius 1 is 1.44 bits per heavy atom. The van der Waals surface area contributed by atoms with Crippen molar-refractivity contribution in [1.82, 2.24) is 14.9 Å². The highest BCUT2D eigenvalue weighted by Crippen LogP contribution is 2.36. The average molecular weight is 327 g/mol. The maximum atomic E-state index is 5.30. The Balaban J connectivity index is 1.96. The molecule has 8 heteroatoms. The molecule has 18 heavy (non-hydrogen) atoms. The third kappa shape index (κ3) is 2.04. The highest BCUT2D eigenvalue weighted by molar-refractivity contribution is 9.10. The molecule has 0 aliphatic carbocycles. The van der Waals surface area contributed by atoms with Gasteiger partial charge in [-0.15, -0.1) is 0 Å². The molecular weight excluding hydrogens is 320 g/mol. The Hall–Kier alpha value is -1.67. The van der Waals surface area contributed by atoms with Crippen LogP contribution in [0.3, 0.4) is 0 Å². The van der Waals surface area contributed by atoms with Gasteiger partial charge in [-0.25, -0.2) is 0 Å². The van der Waals surface area contributed by atoms with Gasteiger partial charge in [-0.1, -0.05) is 0 Å². The van der Waals surface area contributed by atoms with Crippen LogP contribution in [0.15, 0.2) is 28.0 Å². The van der Waals surface area contributed by atoms with E-state index in [1.165, 1.54) is 11.0 Å². The zero-order valence-corrected chi connectivity index (χ0v) is 11.4. The number of ether oxygens (including phenoxy) is 2. The largest absolute Gasteiger partial charge is 0.454 e. The van der Waals surface area contributed by atoms with Crippen molar-refractivity contribution in [3.63, 3.8) is 0 Å². The fourth-order valence-electron chi connectivity index (χ4n) is 1.48. The van der Waals surface area contributed by atoms with Gasteiger partial charge >= 0.3 is 0 Å². The molecule has 2 heterocycles. The number of hydrogen-bond acceptors (Lipinski definition) is 5. The van der Waals surface area contributed by atoms with Crippen molar-refractivity contribution in [2.24, 2.45) is 5.10 Å². The predicted molar refractivity (Wildman–Crippen MR) is 70.7 cm³/mol. The molecule has 3 rings (SSSR count). The Kier molecular flexibility index (Phi) is 2.88. The second-order valence-electron chi connectivity index (χ2n) is 3.48. The topological polar surface area (TPSA) is 64.4 Å². The van der Waals surface area contributed by atoms with Gasteiger partial charge in [0.1, 0.15) is 6.33 Å². The van der Waals surface area contributed by atoms with E-state index in [-0.39, 0.29) is 6.79 Å². The summed E-state index contributed by atoms with van der Waals surface area (Å²) in [6, 6.07) is 3.69. The fraction of sp³-hybridized carbons (Fsp3) is 0.100. The molecule has 0 amide bonds. The number of benzene rings is 1. The van der Waals surface area contributed by atoms with E-state index in [1.54, 1.807) is 6.21 Å². The monoisotopic (exact) mass is 326 g/mol. The highest BCUT2D eigenvalue weighted by Gasteiger charge is 2.15. The fourth-order valence-corrected chi connectivity index (χ4v) is 2.05. The first-order valence-electron chi connectivity index (χ1n) is 4.99. The van der Waals surface area contributed by atoms with Gasteiger partial charge < -0.3 is 9.47 Å². The van der Waals surface area contributed by atoms with E-state index >= 15 is 0 Å². The lowest BCUT2D eigenvalue weighted by atomic mass is 10.2. The number of nitrogens with zero attached hydrogens (tertiary/aromatic N) is 3. The smallest absolute Gasteiger partial charge is 0.231 e. The average Bonchev–Trinajstić information content (AvgIpc) is 2.95. The number of H-pyrrole nitrogens is 1. The van der Waals surface area contributed by atoms with Crippen LogP contribution in [-0.2, 0) is 0 Å². The van der Waals surface area contributed by atoms with Gasteiger partial charge in [0.25, 0.3) is 0 Å². The molecule has 92 valence electrons. The number of hydrogen-bond donors (Lipinski definition) is 1. The third-order valence-electron chi connectivity index (χ3n) is 2.35. The van der Waals surface area contributed by atoms with Crippen LogP contribution in [0.4, 0.5) is 0 Å². The molecule has 0 fully saturated rings. The SMILES string of the molecule is S=c1[nH]ncn1/N=C\c1cc2c(cc1Br)OCO2. The summed E-state index contributed by atoms with van der Waals surface area (Å²) < 4.78 is 13.3. The molecule has 0 unspecified atom stereocenters. The van der Waals surface area contributed by atoms with Crippen molar-refractivity contribution in [3.05, 3.63) is 33.3 Å². The minimum atomic E-state index is 0.245. The van der Waals surface area contributed by atoms with Gasteiger partial charge in [-0.3, -0.25) is 5.10 Å². The molecule has 1 aromatic heterocycles. The van der Waals surface area contributed by atoms with Gasteiger partial charge in [0.15, 0.2) is 11.5 Å². The molecule has 0 radical (unpaired) electrons. The van der Waals surface area contributed by atoms with E-state index in [9.17, 15) is 0 Å². The van der Waals surface area contributed by atoms with Gasteiger partial charge in [0.05, 0.1) is 6.21 Å². The molecule has 6 nitrogen and oxygen atoms in total. The van der Waals surface area contributed by atoms with Crippen LogP contribution >= 0.6 is 28.1 Å². The van der Waals surface area contributed by atoms with Crippen molar-refractivity contribution < 1.29 is 9.47 Å². The molecule has 1 aromatic carbocycles. The molecule has 1 aliphatic heterocycles. The van der Waals surface area contributed by atoms with Gasteiger partial charge in [0.2, 0.25) is 11.6 Å². The van der Waals surface area contributed by atoms with Crippen molar-refractivity contribution in [2.75, 3.05) is 6.79 Å². The van der Waals surface area contributed by atoms with E-state index in [2.05, 4.69) is 31.2 Å². The molecule has 0 saturated heterocycles. The molecule has 0 bridgehead atoms. The number of rotatable bonds is 2. The maximum absolute atomic E-state index is 5.30. The third-order valence-corrected chi connectivity index (χ3v) is 3.31. The van der Waals surface area contributed by atoms with Crippen LogP contribution in [-0.4, -0.2) is 27.9 Å². The van der Waals surface area contributed by atoms with E-state index < -0.39 is 0 Å². The van der Waals surface area contributed by atoms with Gasteiger partial charge in [-0.05, 0) is 40.3 Å². The molecule has 2 aromatic rings. The lowest BCUT2D eigenvalue weighted by Gasteiger charge is -2.01. The number of halogens is 1. The summed E-state index contributed by atoms with van der Waals surface area (Å²) >= 11 is 8.43. The number of nitrogens with one attached hydrogen (secondary N) is 1. The van der Waals surface area contributed by atoms with Crippen LogP contribution in [0.5, 0.6) is 11.5 Å². The van der Waals surface area contributed by atoms with Crippen molar-refractivity contribution in [3.8, 4) is 11.5 Å². The molecule has 0 spiro atoms. The quantitative estimate of drug-likeness (QED) is 0.679.